The Morgan fingerprint density at radius 3 is 2.22 bits per heavy atom. The van der Waals surface area contributed by atoms with Crippen molar-refractivity contribution >= 4 is 55.8 Å². The van der Waals surface area contributed by atoms with E-state index in [0.717, 1.165) is 81.9 Å². The molecule has 0 aliphatic carbocycles. The Hall–Kier alpha value is -5.11. The summed E-state index contributed by atoms with van der Waals surface area (Å²) in [5.41, 5.74) is 11.4. The minimum absolute atomic E-state index is 0. The molecule has 3 heterocycles. The van der Waals surface area contributed by atoms with E-state index in [0.29, 0.717) is 5.56 Å². The van der Waals surface area contributed by atoms with Crippen molar-refractivity contribution in [1.82, 2.24) is 14.5 Å². The molecule has 305 valence electrons. The third-order valence-electron chi connectivity index (χ3n) is 10.4. The predicted molar refractivity (Wildman–Crippen MR) is 248 cm³/mol. The van der Waals surface area contributed by atoms with Crippen LogP contribution in [0.2, 0.25) is 19.6 Å². The second-order valence-electron chi connectivity index (χ2n) is 16.5. The number of hydrogen-bond donors (Lipinski definition) is 0. The Bertz CT molecular complexity index is 3060. The van der Waals surface area contributed by atoms with Crippen molar-refractivity contribution in [1.29, 1.82) is 0 Å². The maximum Gasteiger partial charge on any atom is 0.126 e. The average molecular weight is 1010 g/mol. The molecule has 0 amide bonds. The molecule has 9 rings (SSSR count). The molecule has 3 nitrogen and oxygen atoms in total. The average Bonchev–Trinajstić information content (AvgIpc) is 3.79. The van der Waals surface area contributed by atoms with Gasteiger partial charge in [-0.05, 0) is 107 Å². The molecule has 0 aliphatic heterocycles. The van der Waals surface area contributed by atoms with Gasteiger partial charge in [-0.25, -0.2) is 8.78 Å². The molecule has 6 aromatic carbocycles. The molecule has 0 bridgehead atoms. The summed E-state index contributed by atoms with van der Waals surface area (Å²) in [7, 11) is -1.67. The third-order valence-corrected chi connectivity index (χ3v) is 13.6. The van der Waals surface area contributed by atoms with Crippen molar-refractivity contribution in [3.05, 3.63) is 167 Å². The van der Waals surface area contributed by atoms with Crippen molar-refractivity contribution in [3.8, 4) is 39.5 Å². The quantitative estimate of drug-likeness (QED) is 0.118. The van der Waals surface area contributed by atoms with Gasteiger partial charge in [-0.15, -0.1) is 54.1 Å². The van der Waals surface area contributed by atoms with Crippen LogP contribution in [0.25, 0.3) is 70.7 Å². The topological polar surface area (TPSA) is 30.7 Å². The second kappa shape index (κ2) is 17.5. The zero-order chi connectivity index (χ0) is 43.4. The van der Waals surface area contributed by atoms with E-state index >= 15 is 0 Å². The first-order valence-corrected chi connectivity index (χ1v) is 24.2. The summed E-state index contributed by atoms with van der Waals surface area (Å²) < 4.78 is 49.8. The van der Waals surface area contributed by atoms with Crippen LogP contribution in [0.4, 0.5) is 8.78 Å². The molecule has 0 spiro atoms. The van der Waals surface area contributed by atoms with Gasteiger partial charge >= 0.3 is 0 Å². The number of aromatic nitrogens is 3. The van der Waals surface area contributed by atoms with Crippen LogP contribution < -0.4 is 5.19 Å². The molecule has 0 N–H and O–H groups in total. The number of hydrogen-bond acceptors (Lipinski definition) is 3. The van der Waals surface area contributed by atoms with Gasteiger partial charge in [-0.2, -0.15) is 11.3 Å². The van der Waals surface area contributed by atoms with Gasteiger partial charge in [0.2, 0.25) is 0 Å². The normalized spacial score (nSPS) is 12.3. The molecule has 0 aliphatic rings. The van der Waals surface area contributed by atoms with Crippen LogP contribution >= 0.6 is 11.3 Å². The van der Waals surface area contributed by atoms with Gasteiger partial charge in [0, 0.05) is 45.5 Å². The van der Waals surface area contributed by atoms with Gasteiger partial charge < -0.3 is 9.55 Å². The van der Waals surface area contributed by atoms with Gasteiger partial charge in [0.25, 0.3) is 0 Å². The van der Waals surface area contributed by atoms with E-state index in [1.807, 2.05) is 92.8 Å². The number of nitrogens with zero attached hydrogens (tertiary/aromatic N) is 3. The molecule has 0 saturated carbocycles. The number of thiophene rings is 1. The van der Waals surface area contributed by atoms with Crippen molar-refractivity contribution < 1.29 is 31.6 Å². The molecule has 0 atom stereocenters. The molecule has 0 unspecified atom stereocenters. The van der Waals surface area contributed by atoms with E-state index in [4.69, 9.17) is 7.73 Å². The summed E-state index contributed by atoms with van der Waals surface area (Å²) in [6, 6.07) is 42.5. The van der Waals surface area contributed by atoms with Crippen molar-refractivity contribution in [3.63, 3.8) is 0 Å². The summed E-state index contributed by atoms with van der Waals surface area (Å²) in [6.07, 6.45) is 0.528. The summed E-state index contributed by atoms with van der Waals surface area (Å²) in [4.78, 5) is 9.71. The van der Waals surface area contributed by atoms with Crippen LogP contribution in [-0.2, 0) is 26.5 Å². The van der Waals surface area contributed by atoms with Crippen LogP contribution in [0.15, 0.2) is 121 Å². The molecular formula is C52H47F2IrN3SSi-2. The predicted octanol–water partition coefficient (Wildman–Crippen LogP) is 14.0. The van der Waals surface area contributed by atoms with Crippen molar-refractivity contribution in [2.75, 3.05) is 0 Å². The van der Waals surface area contributed by atoms with Crippen LogP contribution in [0, 0.1) is 50.5 Å². The zero-order valence-corrected chi connectivity index (χ0v) is 39.2. The minimum atomic E-state index is -1.67. The first-order valence-electron chi connectivity index (χ1n) is 20.9. The minimum Gasteiger partial charge on any atom is -0.333 e. The summed E-state index contributed by atoms with van der Waals surface area (Å²) >= 11 is 1.65. The van der Waals surface area contributed by atoms with Gasteiger partial charge in [0.1, 0.15) is 11.6 Å². The molecule has 0 saturated heterocycles. The van der Waals surface area contributed by atoms with Gasteiger partial charge in [0.05, 0.1) is 24.9 Å². The smallest absolute Gasteiger partial charge is 0.126 e. The largest absolute Gasteiger partial charge is 0.333 e. The molecule has 60 heavy (non-hydrogen) atoms. The van der Waals surface area contributed by atoms with Crippen molar-refractivity contribution in [2.45, 2.75) is 60.6 Å². The van der Waals surface area contributed by atoms with Crippen LogP contribution in [0.1, 0.15) is 38.8 Å². The molecule has 9 aromatic rings. The number of imidazole rings is 1. The summed E-state index contributed by atoms with van der Waals surface area (Å²) in [6.45, 7) is 17.0. The number of aryl methyl sites for hydroxylation is 3. The monoisotopic (exact) mass is 1010 g/mol. The Morgan fingerprint density at radius 1 is 0.817 bits per heavy atom. The number of benzene rings is 6. The van der Waals surface area contributed by atoms with Crippen LogP contribution in [0.3, 0.4) is 0 Å². The first-order chi connectivity index (χ1) is 29.0. The first kappa shape index (κ1) is 40.3. The Kier molecular flexibility index (Phi) is 11.7. The fourth-order valence-corrected chi connectivity index (χ4v) is 10.7. The SMILES string of the molecule is Cc1cc(C)c(-n2c(-c3[c-]ccc4c3sc3cccc(-c5cc(F)cc(F)c5)c34)nc3ccccc32)c(C)c1.[2H]C([2H])(c1cc(-c2[c-]cccc2)ncc1[Si](C)(C)C)C(C)C.[Ir]. The molecule has 0 fully saturated rings. The van der Waals surface area contributed by atoms with E-state index in [2.05, 4.69) is 86.4 Å². The molecular weight excluding hydrogens is 957 g/mol. The fourth-order valence-electron chi connectivity index (χ4n) is 8.04. The summed E-state index contributed by atoms with van der Waals surface area (Å²) in [5.74, 6) is -0.444. The standard InChI is InChI=1S/C34H23F2N2S.C18H24NSi.Ir/c1-19-14-20(2)32(21(3)15-19)38-29-12-5-4-11-28(29)37-34(38)27-10-6-9-26-31-25(8-7-13-30(31)39-33(26)27)22-16-23(35)18-24(36)17-22;1-14(2)11-16-12-17(15-9-7-6-8-10-15)19-13-18(16)20(3,4)5;/h4-9,11-18H,1-3H3;6-9,12-14H,11H2,1-5H3;/q2*-1;/i;11D2;. The number of halogens is 2. The number of rotatable bonds is 7. The molecule has 1 radical (unpaired) electrons. The van der Waals surface area contributed by atoms with E-state index in [9.17, 15) is 8.78 Å². The Labute approximate surface area is 373 Å². The van der Waals surface area contributed by atoms with Gasteiger partial charge in [-0.3, -0.25) is 4.98 Å². The molecule has 3 aromatic heterocycles. The van der Waals surface area contributed by atoms with E-state index < -0.39 is 26.1 Å². The van der Waals surface area contributed by atoms with Crippen LogP contribution in [0.5, 0.6) is 0 Å². The number of fused-ring (bicyclic) bond motifs is 4. The Balaban J connectivity index is 0.000000215. The van der Waals surface area contributed by atoms with Gasteiger partial charge in [-0.1, -0.05) is 98.0 Å². The second-order valence-corrected chi connectivity index (χ2v) is 22.6. The van der Waals surface area contributed by atoms with E-state index in [-0.39, 0.29) is 26.0 Å². The fraction of sp³-hybridized carbons (Fsp3) is 0.192. The maximum atomic E-state index is 14.2. The number of pyridine rings is 1. The molecule has 8 heteroatoms. The van der Waals surface area contributed by atoms with E-state index in [1.54, 1.807) is 11.3 Å². The maximum absolute atomic E-state index is 14.2. The van der Waals surface area contributed by atoms with Crippen molar-refractivity contribution in [2.24, 2.45) is 5.92 Å². The van der Waals surface area contributed by atoms with E-state index in [1.165, 1.54) is 28.8 Å². The van der Waals surface area contributed by atoms with Crippen LogP contribution in [-0.4, -0.2) is 22.6 Å². The third kappa shape index (κ3) is 8.57. The Morgan fingerprint density at radius 2 is 1.53 bits per heavy atom. The van der Waals surface area contributed by atoms with Gasteiger partial charge in [0.15, 0.2) is 0 Å². The summed E-state index contributed by atoms with van der Waals surface area (Å²) in [5, 5.41) is 3.09. The number of para-hydroxylation sites is 2. The zero-order valence-electron chi connectivity index (χ0n) is 37.0.